The van der Waals surface area contributed by atoms with Crippen molar-refractivity contribution in [2.45, 2.75) is 19.4 Å². The van der Waals surface area contributed by atoms with E-state index in [-0.39, 0.29) is 0 Å². The van der Waals surface area contributed by atoms with Gasteiger partial charge in [-0.05, 0) is 39.0 Å². The molecule has 4 heteroatoms. The monoisotopic (exact) mass is 228 g/mol. The van der Waals surface area contributed by atoms with E-state index >= 15 is 0 Å². The van der Waals surface area contributed by atoms with Gasteiger partial charge in [0.05, 0.1) is 0 Å². The summed E-state index contributed by atoms with van der Waals surface area (Å²) >= 11 is 0. The second-order valence-electron chi connectivity index (χ2n) is 3.97. The fraction of sp³-hybridized carbons (Fsp3) is 0.500. The molecule has 90 valence electrons. The van der Waals surface area contributed by atoms with Crippen LogP contribution in [0, 0.1) is 11.6 Å². The maximum absolute atomic E-state index is 13.3. The van der Waals surface area contributed by atoms with Crippen LogP contribution in [-0.4, -0.2) is 25.0 Å². The Balaban J connectivity index is 2.46. The molecule has 0 fully saturated rings. The quantitative estimate of drug-likeness (QED) is 0.756. The first-order chi connectivity index (χ1) is 7.63. The minimum Gasteiger partial charge on any atom is -0.330 e. The molecule has 0 aliphatic heterocycles. The molecular formula is C12H18F2N2. The summed E-state index contributed by atoms with van der Waals surface area (Å²) in [5, 5.41) is 0. The van der Waals surface area contributed by atoms with Crippen LogP contribution in [0.2, 0.25) is 0 Å². The Morgan fingerprint density at radius 3 is 2.62 bits per heavy atom. The predicted molar refractivity (Wildman–Crippen MR) is 61.0 cm³/mol. The minimum atomic E-state index is -0.535. The van der Waals surface area contributed by atoms with Gasteiger partial charge in [-0.15, -0.1) is 0 Å². The number of hydrogen-bond donors (Lipinski definition) is 1. The lowest BCUT2D eigenvalue weighted by Crippen LogP contribution is -2.20. The Bertz CT molecular complexity index is 329. The summed E-state index contributed by atoms with van der Waals surface area (Å²) in [6, 6.07) is 3.69. The van der Waals surface area contributed by atoms with Gasteiger partial charge in [0.2, 0.25) is 0 Å². The van der Waals surface area contributed by atoms with Crippen molar-refractivity contribution in [1.29, 1.82) is 0 Å². The number of hydrogen-bond acceptors (Lipinski definition) is 2. The van der Waals surface area contributed by atoms with Crippen LogP contribution in [0.15, 0.2) is 18.2 Å². The van der Waals surface area contributed by atoms with E-state index in [0.29, 0.717) is 18.7 Å². The summed E-state index contributed by atoms with van der Waals surface area (Å²) in [5.74, 6) is -1.02. The summed E-state index contributed by atoms with van der Waals surface area (Å²) in [4.78, 5) is 2.01. The van der Waals surface area contributed by atoms with Gasteiger partial charge >= 0.3 is 0 Å². The topological polar surface area (TPSA) is 29.3 Å². The summed E-state index contributed by atoms with van der Waals surface area (Å²) in [7, 11) is 1.92. The number of rotatable bonds is 6. The number of unbranched alkanes of at least 4 members (excludes halogenated alkanes) is 1. The molecule has 0 aliphatic rings. The number of nitrogens with two attached hydrogens (primary N) is 1. The smallest absolute Gasteiger partial charge is 0.130 e. The molecule has 2 N–H and O–H groups in total. The van der Waals surface area contributed by atoms with Crippen molar-refractivity contribution in [2.24, 2.45) is 5.73 Å². The van der Waals surface area contributed by atoms with Gasteiger partial charge in [0.1, 0.15) is 11.6 Å². The Labute approximate surface area is 95.1 Å². The molecule has 0 saturated heterocycles. The van der Waals surface area contributed by atoms with Gasteiger partial charge in [0, 0.05) is 18.2 Å². The van der Waals surface area contributed by atoms with E-state index in [9.17, 15) is 8.78 Å². The largest absolute Gasteiger partial charge is 0.330 e. The van der Waals surface area contributed by atoms with Gasteiger partial charge in [-0.25, -0.2) is 8.78 Å². The molecule has 0 unspecified atom stereocenters. The van der Waals surface area contributed by atoms with E-state index in [1.807, 2.05) is 11.9 Å². The first kappa shape index (κ1) is 13.1. The number of nitrogens with zero attached hydrogens (tertiary/aromatic N) is 1. The Morgan fingerprint density at radius 2 is 2.00 bits per heavy atom. The van der Waals surface area contributed by atoms with Crippen LogP contribution in [0.3, 0.4) is 0 Å². The summed E-state index contributed by atoms with van der Waals surface area (Å²) in [5.41, 5.74) is 5.91. The molecule has 1 rings (SSSR count). The van der Waals surface area contributed by atoms with Crippen molar-refractivity contribution in [1.82, 2.24) is 4.90 Å². The molecular weight excluding hydrogens is 210 g/mol. The molecule has 1 aromatic carbocycles. The standard InChI is InChI=1S/C12H18F2N2/c1-16(7-3-2-6-15)9-10-4-5-11(13)8-12(10)14/h4-5,8H,2-3,6-7,9,15H2,1H3. The molecule has 0 atom stereocenters. The van der Waals surface area contributed by atoms with Crippen LogP contribution in [0.5, 0.6) is 0 Å². The van der Waals surface area contributed by atoms with Gasteiger partial charge < -0.3 is 10.6 Å². The Morgan fingerprint density at radius 1 is 1.25 bits per heavy atom. The molecule has 0 aliphatic carbocycles. The van der Waals surface area contributed by atoms with Gasteiger partial charge in [-0.2, -0.15) is 0 Å². The molecule has 0 amide bonds. The highest BCUT2D eigenvalue weighted by atomic mass is 19.1. The van der Waals surface area contributed by atoms with E-state index in [0.717, 1.165) is 25.5 Å². The van der Waals surface area contributed by atoms with Crippen LogP contribution in [-0.2, 0) is 6.54 Å². The third-order valence-corrected chi connectivity index (χ3v) is 2.45. The van der Waals surface area contributed by atoms with Crippen molar-refractivity contribution in [3.63, 3.8) is 0 Å². The SMILES string of the molecule is CN(CCCCN)Cc1ccc(F)cc1F. The van der Waals surface area contributed by atoms with Crippen LogP contribution in [0.4, 0.5) is 8.78 Å². The van der Waals surface area contributed by atoms with Crippen LogP contribution in [0.25, 0.3) is 0 Å². The third-order valence-electron chi connectivity index (χ3n) is 2.45. The Hall–Kier alpha value is -1.00. The van der Waals surface area contributed by atoms with Crippen LogP contribution in [0.1, 0.15) is 18.4 Å². The van der Waals surface area contributed by atoms with Gasteiger partial charge in [-0.1, -0.05) is 6.07 Å². The zero-order valence-electron chi connectivity index (χ0n) is 9.55. The maximum Gasteiger partial charge on any atom is 0.130 e. The molecule has 0 spiro atoms. The molecule has 1 aromatic rings. The van der Waals surface area contributed by atoms with Gasteiger partial charge in [-0.3, -0.25) is 0 Å². The summed E-state index contributed by atoms with van der Waals surface area (Å²) in [6.07, 6.45) is 1.96. The fourth-order valence-corrected chi connectivity index (χ4v) is 1.55. The predicted octanol–water partition coefficient (Wildman–Crippen LogP) is 2.14. The van der Waals surface area contributed by atoms with Crippen molar-refractivity contribution in [3.8, 4) is 0 Å². The second kappa shape index (κ2) is 6.55. The first-order valence-corrected chi connectivity index (χ1v) is 5.46. The van der Waals surface area contributed by atoms with Crippen molar-refractivity contribution in [3.05, 3.63) is 35.4 Å². The highest BCUT2D eigenvalue weighted by Crippen LogP contribution is 2.11. The second-order valence-corrected chi connectivity index (χ2v) is 3.97. The lowest BCUT2D eigenvalue weighted by atomic mass is 10.2. The van der Waals surface area contributed by atoms with Crippen molar-refractivity contribution < 1.29 is 8.78 Å². The normalized spacial score (nSPS) is 11.1. The zero-order valence-corrected chi connectivity index (χ0v) is 9.55. The van der Waals surface area contributed by atoms with E-state index in [4.69, 9.17) is 5.73 Å². The van der Waals surface area contributed by atoms with E-state index in [1.54, 1.807) is 0 Å². The number of benzene rings is 1. The molecule has 0 saturated carbocycles. The summed E-state index contributed by atoms with van der Waals surface area (Å²) in [6.45, 7) is 2.05. The highest BCUT2D eigenvalue weighted by Gasteiger charge is 2.06. The van der Waals surface area contributed by atoms with Crippen LogP contribution < -0.4 is 5.73 Å². The lowest BCUT2D eigenvalue weighted by Gasteiger charge is -2.16. The average molecular weight is 228 g/mol. The van der Waals surface area contributed by atoms with Crippen molar-refractivity contribution in [2.75, 3.05) is 20.1 Å². The first-order valence-electron chi connectivity index (χ1n) is 5.46. The summed E-state index contributed by atoms with van der Waals surface area (Å²) < 4.78 is 26.0. The molecule has 16 heavy (non-hydrogen) atoms. The van der Waals surface area contributed by atoms with E-state index in [2.05, 4.69) is 0 Å². The third kappa shape index (κ3) is 4.24. The fourth-order valence-electron chi connectivity index (χ4n) is 1.55. The molecule has 2 nitrogen and oxygen atoms in total. The van der Waals surface area contributed by atoms with E-state index in [1.165, 1.54) is 12.1 Å². The molecule has 0 radical (unpaired) electrons. The van der Waals surface area contributed by atoms with Crippen molar-refractivity contribution >= 4 is 0 Å². The maximum atomic E-state index is 13.3. The zero-order chi connectivity index (χ0) is 12.0. The minimum absolute atomic E-state index is 0.481. The van der Waals surface area contributed by atoms with Gasteiger partial charge in [0.15, 0.2) is 0 Å². The highest BCUT2D eigenvalue weighted by molar-refractivity contribution is 5.18. The average Bonchev–Trinajstić information content (AvgIpc) is 2.23. The lowest BCUT2D eigenvalue weighted by molar-refractivity contribution is 0.314. The molecule has 0 heterocycles. The molecule has 0 bridgehead atoms. The number of halogens is 2. The van der Waals surface area contributed by atoms with Gasteiger partial charge in [0.25, 0.3) is 0 Å². The molecule has 0 aromatic heterocycles. The van der Waals surface area contributed by atoms with E-state index < -0.39 is 11.6 Å². The Kier molecular flexibility index (Phi) is 5.35. The van der Waals surface area contributed by atoms with Crippen LogP contribution >= 0.6 is 0 Å².